The molecule has 2 aliphatic heterocycles. The smallest absolute Gasteiger partial charge is 0.258 e. The Balaban J connectivity index is 1.44. The van der Waals surface area contributed by atoms with Crippen LogP contribution in [0.4, 0.5) is 17.5 Å². The van der Waals surface area contributed by atoms with E-state index in [1.807, 2.05) is 23.1 Å². The summed E-state index contributed by atoms with van der Waals surface area (Å²) in [6.45, 7) is 1.26. The molecule has 2 aliphatic rings. The van der Waals surface area contributed by atoms with Gasteiger partial charge in [-0.05, 0) is 35.7 Å². The number of fused-ring (bicyclic) bond motifs is 2. The number of nitrogens with one attached hydrogen (secondary N) is 3. The summed E-state index contributed by atoms with van der Waals surface area (Å²) >= 11 is 11.9. The molecule has 0 unspecified atom stereocenters. The highest BCUT2D eigenvalue weighted by Gasteiger charge is 2.35. The number of nitrogens with zero attached hydrogens (tertiary/aromatic N) is 2. The van der Waals surface area contributed by atoms with Crippen molar-refractivity contribution in [3.05, 3.63) is 79.6 Å². The van der Waals surface area contributed by atoms with Crippen LogP contribution in [0.25, 0.3) is 0 Å². The second-order valence-corrected chi connectivity index (χ2v) is 8.83. The van der Waals surface area contributed by atoms with Crippen LogP contribution in [-0.4, -0.2) is 28.3 Å². The van der Waals surface area contributed by atoms with Gasteiger partial charge in [0, 0.05) is 25.2 Å². The average Bonchev–Trinajstić information content (AvgIpc) is 2.80. The third kappa shape index (κ3) is 4.19. The molecular weight excluding hydrogens is 465 g/mol. The Morgan fingerprint density at radius 1 is 1.09 bits per heavy atom. The van der Waals surface area contributed by atoms with Crippen LogP contribution >= 0.6 is 23.2 Å². The van der Waals surface area contributed by atoms with Crippen molar-refractivity contribution in [2.24, 2.45) is 0 Å². The molecule has 10 heteroatoms. The summed E-state index contributed by atoms with van der Waals surface area (Å²) in [5.41, 5.74) is 2.51. The molecule has 1 aromatic heterocycles. The molecule has 0 spiro atoms. The molecule has 0 fully saturated rings. The summed E-state index contributed by atoms with van der Waals surface area (Å²) in [5.74, 6) is -1.41. The van der Waals surface area contributed by atoms with Gasteiger partial charge in [-0.25, -0.2) is 0 Å². The van der Waals surface area contributed by atoms with Crippen molar-refractivity contribution in [2.75, 3.05) is 22.1 Å². The minimum Gasteiger partial charge on any atom is -0.338 e. The lowest BCUT2D eigenvalue weighted by Crippen LogP contribution is -2.38. The number of hydrogen-bond acceptors (Lipinski definition) is 5. The van der Waals surface area contributed by atoms with Crippen LogP contribution in [0.5, 0.6) is 0 Å². The average molecular weight is 484 g/mol. The highest BCUT2D eigenvalue weighted by molar-refractivity contribution is 6.42. The summed E-state index contributed by atoms with van der Waals surface area (Å²) < 4.78 is 0. The van der Waals surface area contributed by atoms with E-state index < -0.39 is 17.4 Å². The van der Waals surface area contributed by atoms with Crippen LogP contribution in [0.2, 0.25) is 10.0 Å². The predicted molar refractivity (Wildman–Crippen MR) is 127 cm³/mol. The van der Waals surface area contributed by atoms with Crippen molar-refractivity contribution in [1.82, 2.24) is 9.97 Å². The lowest BCUT2D eigenvalue weighted by Gasteiger charge is -2.30. The van der Waals surface area contributed by atoms with Crippen molar-refractivity contribution >= 4 is 52.5 Å². The van der Waals surface area contributed by atoms with Crippen LogP contribution in [0.3, 0.4) is 0 Å². The standard InChI is InChI=1S/C23H19Cl2N5O3/c24-16-6-5-14(9-17(16)25)26-21(32)15-10-18(31)27-20-19(15)22(33)29-23(28-20)30-8-7-12-3-1-2-4-13(12)11-30/h1-6,9,15H,7-8,10-11H2,(H,26,32)(H2,27,28,29,31,33)/t15-/m0/s1. The SMILES string of the molecule is O=C1C[C@H](C(=O)Nc2ccc(Cl)c(Cl)c2)c2c(nc(N3CCc4ccccc4C3)[nH]c2=O)N1. The summed E-state index contributed by atoms with van der Waals surface area (Å²) in [4.78, 5) is 47.7. The Kier molecular flexibility index (Phi) is 5.55. The highest BCUT2D eigenvalue weighted by atomic mass is 35.5. The number of benzene rings is 2. The molecule has 2 amide bonds. The van der Waals surface area contributed by atoms with Gasteiger partial charge in [-0.3, -0.25) is 19.4 Å². The number of carbonyl (C=O) groups is 2. The lowest BCUT2D eigenvalue weighted by molar-refractivity contribution is -0.123. The van der Waals surface area contributed by atoms with Gasteiger partial charge in [0.25, 0.3) is 5.56 Å². The van der Waals surface area contributed by atoms with Crippen LogP contribution in [-0.2, 0) is 22.6 Å². The first kappa shape index (κ1) is 21.5. The molecule has 3 heterocycles. The molecule has 2 aromatic carbocycles. The number of amides is 2. The molecule has 3 aromatic rings. The van der Waals surface area contributed by atoms with Crippen molar-refractivity contribution in [3.8, 4) is 0 Å². The Labute approximate surface area is 198 Å². The minimum atomic E-state index is -0.990. The molecule has 0 saturated heterocycles. The Morgan fingerprint density at radius 3 is 2.67 bits per heavy atom. The van der Waals surface area contributed by atoms with Gasteiger partial charge in [0.2, 0.25) is 17.8 Å². The molecule has 0 aliphatic carbocycles. The van der Waals surface area contributed by atoms with Gasteiger partial charge in [-0.15, -0.1) is 0 Å². The van der Waals surface area contributed by atoms with E-state index in [0.29, 0.717) is 29.7 Å². The van der Waals surface area contributed by atoms with Gasteiger partial charge in [0.05, 0.1) is 21.5 Å². The van der Waals surface area contributed by atoms with Crippen molar-refractivity contribution in [3.63, 3.8) is 0 Å². The monoisotopic (exact) mass is 483 g/mol. The van der Waals surface area contributed by atoms with E-state index in [2.05, 4.69) is 26.7 Å². The number of hydrogen-bond donors (Lipinski definition) is 3. The fraction of sp³-hybridized carbons (Fsp3) is 0.217. The second kappa shape index (κ2) is 8.53. The molecule has 168 valence electrons. The number of halogens is 2. The quantitative estimate of drug-likeness (QED) is 0.526. The zero-order valence-corrected chi connectivity index (χ0v) is 18.8. The molecule has 8 nitrogen and oxygen atoms in total. The molecule has 3 N–H and O–H groups in total. The molecule has 0 radical (unpaired) electrons. The second-order valence-electron chi connectivity index (χ2n) is 8.02. The molecule has 0 bridgehead atoms. The maximum Gasteiger partial charge on any atom is 0.258 e. The van der Waals surface area contributed by atoms with Crippen LogP contribution in [0.1, 0.15) is 29.0 Å². The topological polar surface area (TPSA) is 107 Å². The number of rotatable bonds is 3. The largest absolute Gasteiger partial charge is 0.338 e. The number of carbonyl (C=O) groups excluding carboxylic acids is 2. The zero-order valence-electron chi connectivity index (χ0n) is 17.3. The van der Waals surface area contributed by atoms with Gasteiger partial charge < -0.3 is 15.5 Å². The van der Waals surface area contributed by atoms with Crippen LogP contribution < -0.4 is 21.1 Å². The summed E-state index contributed by atoms with van der Waals surface area (Å²) in [7, 11) is 0. The fourth-order valence-electron chi connectivity index (χ4n) is 4.21. The first-order valence-corrected chi connectivity index (χ1v) is 11.2. The summed E-state index contributed by atoms with van der Waals surface area (Å²) in [6, 6.07) is 12.8. The number of H-pyrrole nitrogens is 1. The van der Waals surface area contributed by atoms with E-state index >= 15 is 0 Å². The van der Waals surface area contributed by atoms with Gasteiger partial charge in [-0.2, -0.15) is 4.98 Å². The summed E-state index contributed by atoms with van der Waals surface area (Å²) in [5, 5.41) is 5.99. The molecule has 0 saturated carbocycles. The van der Waals surface area contributed by atoms with E-state index in [9.17, 15) is 14.4 Å². The first-order valence-electron chi connectivity index (χ1n) is 10.4. The Hall–Kier alpha value is -3.36. The molecular formula is C23H19Cl2N5O3. The van der Waals surface area contributed by atoms with Crippen molar-refractivity contribution < 1.29 is 9.59 Å². The van der Waals surface area contributed by atoms with Crippen LogP contribution in [0, 0.1) is 0 Å². The number of aromatic amines is 1. The predicted octanol–water partition coefficient (Wildman–Crippen LogP) is 3.70. The molecule has 33 heavy (non-hydrogen) atoms. The number of aromatic nitrogens is 2. The molecule has 1 atom stereocenters. The van der Waals surface area contributed by atoms with E-state index in [1.54, 1.807) is 12.1 Å². The van der Waals surface area contributed by atoms with E-state index in [4.69, 9.17) is 23.2 Å². The Morgan fingerprint density at radius 2 is 1.88 bits per heavy atom. The highest BCUT2D eigenvalue weighted by Crippen LogP contribution is 2.32. The first-order chi connectivity index (χ1) is 15.9. The fourth-order valence-corrected chi connectivity index (χ4v) is 4.51. The normalized spacial score (nSPS) is 17.1. The van der Waals surface area contributed by atoms with E-state index in [-0.39, 0.29) is 28.7 Å². The van der Waals surface area contributed by atoms with E-state index in [0.717, 1.165) is 12.0 Å². The lowest BCUT2D eigenvalue weighted by atomic mass is 9.92. The van der Waals surface area contributed by atoms with Gasteiger partial charge in [-0.1, -0.05) is 47.5 Å². The maximum atomic E-state index is 13.1. The minimum absolute atomic E-state index is 0.109. The van der Waals surface area contributed by atoms with Gasteiger partial charge in [0.1, 0.15) is 5.82 Å². The van der Waals surface area contributed by atoms with Crippen LogP contribution in [0.15, 0.2) is 47.3 Å². The van der Waals surface area contributed by atoms with Crippen molar-refractivity contribution in [1.29, 1.82) is 0 Å². The number of anilines is 3. The van der Waals surface area contributed by atoms with Gasteiger partial charge >= 0.3 is 0 Å². The maximum absolute atomic E-state index is 13.1. The Bertz CT molecular complexity index is 1340. The van der Waals surface area contributed by atoms with E-state index in [1.165, 1.54) is 11.6 Å². The third-order valence-electron chi connectivity index (χ3n) is 5.87. The summed E-state index contributed by atoms with van der Waals surface area (Å²) in [6.07, 6.45) is 0.652. The molecule has 5 rings (SSSR count). The zero-order chi connectivity index (χ0) is 23.1. The third-order valence-corrected chi connectivity index (χ3v) is 6.61. The van der Waals surface area contributed by atoms with Gasteiger partial charge in [0.15, 0.2) is 0 Å². The van der Waals surface area contributed by atoms with Crippen molar-refractivity contribution in [2.45, 2.75) is 25.3 Å².